The first-order valence-corrected chi connectivity index (χ1v) is 13.5. The third kappa shape index (κ3) is 3.59. The van der Waals surface area contributed by atoms with E-state index in [-0.39, 0.29) is 6.71 Å². The molecular weight excluding hydrogens is 443 g/mol. The molecule has 0 atom stereocenters. The van der Waals surface area contributed by atoms with Crippen LogP contribution in [0.1, 0.15) is 44.5 Å². The van der Waals surface area contributed by atoms with Crippen LogP contribution >= 0.6 is 0 Å². The molecule has 0 aromatic heterocycles. The molecule has 0 aliphatic carbocycles. The fourth-order valence-corrected chi connectivity index (χ4v) is 7.24. The fourth-order valence-electron chi connectivity index (χ4n) is 7.24. The van der Waals surface area contributed by atoms with E-state index in [1.807, 2.05) is 0 Å². The average molecular weight is 478 g/mol. The van der Waals surface area contributed by atoms with E-state index >= 15 is 0 Å². The first kappa shape index (κ1) is 23.8. The van der Waals surface area contributed by atoms with Crippen molar-refractivity contribution in [3.05, 3.63) is 111 Å². The summed E-state index contributed by atoms with van der Waals surface area (Å²) in [5.74, 6) is 0. The Bertz CT molecular complexity index is 1750. The highest BCUT2D eigenvalue weighted by atomic mass is 14.2. The van der Waals surface area contributed by atoms with Gasteiger partial charge in [-0.2, -0.15) is 0 Å². The van der Waals surface area contributed by atoms with Crippen LogP contribution in [0.5, 0.6) is 0 Å². The Labute approximate surface area is 221 Å². The van der Waals surface area contributed by atoms with Gasteiger partial charge in [0, 0.05) is 0 Å². The van der Waals surface area contributed by atoms with Gasteiger partial charge in [0.05, 0.1) is 0 Å². The normalized spacial score (nSPS) is 11.8. The van der Waals surface area contributed by atoms with E-state index in [0.29, 0.717) is 0 Å². The number of hydrogen-bond donors (Lipinski definition) is 0. The molecule has 0 N–H and O–H groups in total. The number of aryl methyl sites for hydroxylation is 8. The van der Waals surface area contributed by atoms with Gasteiger partial charge in [-0.05, 0) is 98.8 Å². The third-order valence-electron chi connectivity index (χ3n) is 8.60. The summed E-state index contributed by atoms with van der Waals surface area (Å²) in [6, 6.07) is 25.9. The summed E-state index contributed by atoms with van der Waals surface area (Å²) < 4.78 is 0. The molecule has 0 radical (unpaired) electrons. The van der Waals surface area contributed by atoms with Crippen LogP contribution in [0, 0.1) is 55.4 Å². The van der Waals surface area contributed by atoms with E-state index < -0.39 is 0 Å². The Morgan fingerprint density at radius 3 is 1.43 bits per heavy atom. The molecule has 0 aliphatic heterocycles. The Morgan fingerprint density at radius 2 is 0.865 bits per heavy atom. The van der Waals surface area contributed by atoms with Crippen LogP contribution in [0.25, 0.3) is 32.3 Å². The lowest BCUT2D eigenvalue weighted by molar-refractivity contribution is 1.34. The zero-order chi connectivity index (χ0) is 26.2. The molecular formula is C36H35B. The smallest absolute Gasteiger partial charge is 0.0629 e. The molecule has 182 valence electrons. The first-order chi connectivity index (χ1) is 17.7. The van der Waals surface area contributed by atoms with Crippen LogP contribution in [-0.2, 0) is 0 Å². The van der Waals surface area contributed by atoms with E-state index in [2.05, 4.69) is 122 Å². The van der Waals surface area contributed by atoms with Crippen LogP contribution < -0.4 is 16.4 Å². The van der Waals surface area contributed by atoms with Crippen molar-refractivity contribution in [2.24, 2.45) is 0 Å². The van der Waals surface area contributed by atoms with Gasteiger partial charge in [0.15, 0.2) is 0 Å². The molecule has 37 heavy (non-hydrogen) atoms. The van der Waals surface area contributed by atoms with Crippen LogP contribution in [0.2, 0.25) is 0 Å². The number of hydrogen-bond acceptors (Lipinski definition) is 0. The lowest BCUT2D eigenvalue weighted by atomic mass is 9.33. The van der Waals surface area contributed by atoms with Crippen molar-refractivity contribution < 1.29 is 0 Å². The van der Waals surface area contributed by atoms with Crippen molar-refractivity contribution in [3.8, 4) is 0 Å². The Kier molecular flexibility index (Phi) is 5.46. The predicted octanol–water partition coefficient (Wildman–Crippen LogP) is 7.57. The van der Waals surface area contributed by atoms with Gasteiger partial charge in [-0.1, -0.05) is 116 Å². The van der Waals surface area contributed by atoms with Gasteiger partial charge in [-0.25, -0.2) is 0 Å². The largest absolute Gasteiger partial charge is 0.243 e. The highest BCUT2D eigenvalue weighted by Gasteiger charge is 2.31. The van der Waals surface area contributed by atoms with Gasteiger partial charge < -0.3 is 0 Å². The lowest BCUT2D eigenvalue weighted by Gasteiger charge is -2.27. The molecule has 1 heteroatoms. The molecule has 0 unspecified atom stereocenters. The SMILES string of the molecule is Cc1cc(C)c(B(c2c(C)cc(C)cc2C)c2cc(C)c3ccc4ccc(C)c5ccc2c3c45)c(C)c1. The lowest BCUT2D eigenvalue weighted by Crippen LogP contribution is -2.56. The molecule has 0 nitrogen and oxygen atoms in total. The summed E-state index contributed by atoms with van der Waals surface area (Å²) >= 11 is 0. The number of benzene rings is 6. The van der Waals surface area contributed by atoms with E-state index in [1.165, 1.54) is 93.2 Å². The van der Waals surface area contributed by atoms with Crippen molar-refractivity contribution in [3.63, 3.8) is 0 Å². The summed E-state index contributed by atoms with van der Waals surface area (Å²) in [4.78, 5) is 0. The maximum Gasteiger partial charge on any atom is 0.243 e. The van der Waals surface area contributed by atoms with Crippen molar-refractivity contribution in [2.45, 2.75) is 55.4 Å². The zero-order valence-electron chi connectivity index (χ0n) is 23.4. The summed E-state index contributed by atoms with van der Waals surface area (Å²) in [7, 11) is 0. The topological polar surface area (TPSA) is 0 Å². The summed E-state index contributed by atoms with van der Waals surface area (Å²) in [6.45, 7) is 18.3. The highest BCUT2D eigenvalue weighted by Crippen LogP contribution is 2.36. The molecule has 0 saturated heterocycles. The molecule has 0 heterocycles. The standard InChI is InChI=1S/C36H35B/c1-20-15-24(5)35(25(6)16-20)37(36-26(7)17-21(2)18-27(36)8)32-19-23(4)30-12-11-28-10-9-22(3)29-13-14-31(32)34(30)33(28)29/h9-19H,1-8H3. The fraction of sp³-hybridized carbons (Fsp3) is 0.222. The first-order valence-electron chi connectivity index (χ1n) is 13.5. The van der Waals surface area contributed by atoms with Crippen LogP contribution in [0.3, 0.4) is 0 Å². The second-order valence-electron chi connectivity index (χ2n) is 11.5. The molecule has 6 aromatic carbocycles. The van der Waals surface area contributed by atoms with Crippen LogP contribution in [0.15, 0.2) is 66.7 Å². The van der Waals surface area contributed by atoms with Gasteiger partial charge in [0.2, 0.25) is 6.71 Å². The minimum atomic E-state index is 0.172. The van der Waals surface area contributed by atoms with E-state index in [9.17, 15) is 0 Å². The number of rotatable bonds is 3. The zero-order valence-corrected chi connectivity index (χ0v) is 23.4. The Balaban J connectivity index is 1.81. The van der Waals surface area contributed by atoms with Gasteiger partial charge in [0.25, 0.3) is 0 Å². The summed E-state index contributed by atoms with van der Waals surface area (Å²) in [5, 5.41) is 8.28. The average Bonchev–Trinajstić information content (AvgIpc) is 2.82. The van der Waals surface area contributed by atoms with Crippen LogP contribution in [-0.4, -0.2) is 6.71 Å². The van der Waals surface area contributed by atoms with Crippen molar-refractivity contribution in [2.75, 3.05) is 0 Å². The van der Waals surface area contributed by atoms with Crippen molar-refractivity contribution >= 4 is 55.4 Å². The molecule has 0 fully saturated rings. The maximum atomic E-state index is 2.48. The van der Waals surface area contributed by atoms with E-state index in [4.69, 9.17) is 0 Å². The highest BCUT2D eigenvalue weighted by molar-refractivity contribution is 6.98. The van der Waals surface area contributed by atoms with Crippen LogP contribution in [0.4, 0.5) is 0 Å². The third-order valence-corrected chi connectivity index (χ3v) is 8.60. The molecule has 0 spiro atoms. The Hall–Kier alpha value is -3.58. The molecule has 0 aliphatic rings. The maximum absolute atomic E-state index is 2.48. The summed E-state index contributed by atoms with van der Waals surface area (Å²) in [5.41, 5.74) is 15.2. The Morgan fingerprint density at radius 1 is 0.405 bits per heavy atom. The minimum absolute atomic E-state index is 0.172. The summed E-state index contributed by atoms with van der Waals surface area (Å²) in [6.07, 6.45) is 0. The predicted molar refractivity (Wildman–Crippen MR) is 166 cm³/mol. The second kappa shape index (κ2) is 8.49. The minimum Gasteiger partial charge on any atom is -0.0629 e. The van der Waals surface area contributed by atoms with Crippen molar-refractivity contribution in [1.82, 2.24) is 0 Å². The van der Waals surface area contributed by atoms with E-state index in [0.717, 1.165) is 0 Å². The molecule has 0 bridgehead atoms. The quantitative estimate of drug-likeness (QED) is 0.182. The van der Waals surface area contributed by atoms with Crippen molar-refractivity contribution in [1.29, 1.82) is 0 Å². The molecule has 6 rings (SSSR count). The molecule has 0 amide bonds. The second-order valence-corrected chi connectivity index (χ2v) is 11.5. The van der Waals surface area contributed by atoms with E-state index in [1.54, 1.807) is 0 Å². The monoisotopic (exact) mass is 478 g/mol. The van der Waals surface area contributed by atoms with Gasteiger partial charge in [-0.3, -0.25) is 0 Å². The van der Waals surface area contributed by atoms with Gasteiger partial charge in [0.1, 0.15) is 0 Å². The molecule has 0 saturated carbocycles. The van der Waals surface area contributed by atoms with Gasteiger partial charge in [-0.15, -0.1) is 0 Å². The molecule has 6 aromatic rings. The van der Waals surface area contributed by atoms with Gasteiger partial charge >= 0.3 is 0 Å².